The van der Waals surface area contributed by atoms with E-state index in [4.69, 9.17) is 15.2 Å². The van der Waals surface area contributed by atoms with Crippen LogP contribution in [0.25, 0.3) is 0 Å². The summed E-state index contributed by atoms with van der Waals surface area (Å²) >= 11 is 0. The number of carbonyl (C=O) groups is 1. The normalized spacial score (nSPS) is 11.9. The highest BCUT2D eigenvalue weighted by Crippen LogP contribution is 2.23. The number of amides is 1. The van der Waals surface area contributed by atoms with Crippen molar-refractivity contribution in [2.24, 2.45) is 11.7 Å². The van der Waals surface area contributed by atoms with E-state index in [1.807, 2.05) is 13.8 Å². The van der Waals surface area contributed by atoms with Crippen LogP contribution in [-0.2, 0) is 4.79 Å². The van der Waals surface area contributed by atoms with Crippen LogP contribution < -0.4 is 20.5 Å². The molecule has 0 fully saturated rings. The van der Waals surface area contributed by atoms with Crippen molar-refractivity contribution in [3.63, 3.8) is 0 Å². The van der Waals surface area contributed by atoms with Gasteiger partial charge in [-0.05, 0) is 42.7 Å². The summed E-state index contributed by atoms with van der Waals surface area (Å²) in [5.74, 6) is 1.99. The van der Waals surface area contributed by atoms with Gasteiger partial charge in [-0.2, -0.15) is 0 Å². The van der Waals surface area contributed by atoms with E-state index in [1.165, 1.54) is 0 Å². The Kier molecular flexibility index (Phi) is 6.14. The molecule has 1 atom stereocenters. The minimum atomic E-state index is -0.528. The average Bonchev–Trinajstić information content (AvgIpc) is 2.56. The fourth-order valence-electron chi connectivity index (χ4n) is 2.13. The molecule has 1 heterocycles. The number of hydrogen-bond donors (Lipinski definition) is 2. The smallest absolute Gasteiger partial charge is 0.241 e. The first-order valence-corrected chi connectivity index (χ1v) is 7.82. The second-order valence-electron chi connectivity index (χ2n) is 5.89. The van der Waals surface area contributed by atoms with E-state index in [2.05, 4.69) is 10.3 Å². The first kappa shape index (κ1) is 17.7. The van der Waals surface area contributed by atoms with E-state index in [1.54, 1.807) is 49.7 Å². The number of aromatic nitrogens is 1. The van der Waals surface area contributed by atoms with Crippen LogP contribution in [0.5, 0.6) is 17.4 Å². The molecule has 24 heavy (non-hydrogen) atoms. The molecule has 0 unspecified atom stereocenters. The summed E-state index contributed by atoms with van der Waals surface area (Å²) in [5.41, 5.74) is 6.44. The lowest BCUT2D eigenvalue weighted by atomic mass is 10.0. The zero-order valence-electron chi connectivity index (χ0n) is 14.2. The number of benzene rings is 1. The summed E-state index contributed by atoms with van der Waals surface area (Å²) in [7, 11) is 1.61. The van der Waals surface area contributed by atoms with Gasteiger partial charge in [0.15, 0.2) is 0 Å². The Labute approximate surface area is 142 Å². The van der Waals surface area contributed by atoms with Gasteiger partial charge in [0.2, 0.25) is 11.8 Å². The first-order chi connectivity index (χ1) is 11.5. The molecule has 0 aliphatic heterocycles. The summed E-state index contributed by atoms with van der Waals surface area (Å²) in [4.78, 5) is 16.2. The second-order valence-corrected chi connectivity index (χ2v) is 5.89. The Balaban J connectivity index is 1.93. The molecular weight excluding hydrogens is 306 g/mol. The number of rotatable bonds is 7. The number of carbonyl (C=O) groups excluding carboxylic acids is 1. The number of pyridine rings is 1. The van der Waals surface area contributed by atoms with Crippen LogP contribution in [0.1, 0.15) is 20.3 Å². The van der Waals surface area contributed by atoms with Gasteiger partial charge < -0.3 is 20.5 Å². The number of nitrogens with one attached hydrogen (secondary N) is 1. The number of nitrogens with zero attached hydrogens (tertiary/aromatic N) is 1. The van der Waals surface area contributed by atoms with E-state index < -0.39 is 6.04 Å². The van der Waals surface area contributed by atoms with Crippen LogP contribution in [0.15, 0.2) is 42.6 Å². The molecule has 1 aromatic carbocycles. The molecule has 6 heteroatoms. The van der Waals surface area contributed by atoms with Crippen molar-refractivity contribution in [2.45, 2.75) is 26.3 Å². The van der Waals surface area contributed by atoms with E-state index in [-0.39, 0.29) is 5.91 Å². The lowest BCUT2D eigenvalue weighted by molar-refractivity contribution is -0.117. The molecule has 128 valence electrons. The van der Waals surface area contributed by atoms with Gasteiger partial charge in [0.1, 0.15) is 11.5 Å². The van der Waals surface area contributed by atoms with Crippen molar-refractivity contribution < 1.29 is 14.3 Å². The fourth-order valence-corrected chi connectivity index (χ4v) is 2.13. The summed E-state index contributed by atoms with van der Waals surface area (Å²) in [6, 6.07) is 10.1. The van der Waals surface area contributed by atoms with Crippen molar-refractivity contribution in [3.8, 4) is 17.4 Å². The highest BCUT2D eigenvalue weighted by molar-refractivity contribution is 5.94. The Bertz CT molecular complexity index is 654. The monoisotopic (exact) mass is 329 g/mol. The van der Waals surface area contributed by atoms with E-state index in [0.717, 1.165) is 5.75 Å². The third kappa shape index (κ3) is 5.24. The van der Waals surface area contributed by atoms with Crippen molar-refractivity contribution in [1.29, 1.82) is 0 Å². The van der Waals surface area contributed by atoms with Crippen molar-refractivity contribution in [2.75, 3.05) is 12.4 Å². The van der Waals surface area contributed by atoms with E-state index >= 15 is 0 Å². The van der Waals surface area contributed by atoms with Crippen LogP contribution in [0.4, 0.5) is 5.69 Å². The third-order valence-corrected chi connectivity index (χ3v) is 3.35. The van der Waals surface area contributed by atoms with Crippen LogP contribution in [0, 0.1) is 5.92 Å². The Morgan fingerprint density at radius 1 is 1.17 bits per heavy atom. The van der Waals surface area contributed by atoms with Gasteiger partial charge in [0, 0.05) is 6.07 Å². The number of anilines is 1. The predicted molar refractivity (Wildman–Crippen MR) is 93.4 cm³/mol. The standard InChI is InChI=1S/C18H23N3O3/c1-12(2)10-16(19)18(22)21-13-4-9-17(20-11-13)24-15-7-5-14(23-3)6-8-15/h4-9,11-12,16H,10,19H2,1-3H3,(H,21,22)/t16-/m0/s1. The van der Waals surface area contributed by atoms with Gasteiger partial charge in [-0.25, -0.2) is 4.98 Å². The molecule has 1 amide bonds. The second kappa shape index (κ2) is 8.31. The molecular formula is C18H23N3O3. The molecule has 1 aromatic heterocycles. The highest BCUT2D eigenvalue weighted by Gasteiger charge is 2.15. The van der Waals surface area contributed by atoms with E-state index in [0.29, 0.717) is 29.7 Å². The molecule has 0 bridgehead atoms. The summed E-state index contributed by atoms with van der Waals surface area (Å²) < 4.78 is 10.7. The summed E-state index contributed by atoms with van der Waals surface area (Å²) in [5, 5.41) is 2.75. The largest absolute Gasteiger partial charge is 0.497 e. The topological polar surface area (TPSA) is 86.5 Å². The molecule has 0 saturated carbocycles. The molecule has 0 radical (unpaired) electrons. The molecule has 6 nitrogen and oxygen atoms in total. The Morgan fingerprint density at radius 2 is 1.83 bits per heavy atom. The molecule has 3 N–H and O–H groups in total. The Hall–Kier alpha value is -2.60. The van der Waals surface area contributed by atoms with Gasteiger partial charge >= 0.3 is 0 Å². The van der Waals surface area contributed by atoms with Crippen LogP contribution >= 0.6 is 0 Å². The number of hydrogen-bond acceptors (Lipinski definition) is 5. The van der Waals surface area contributed by atoms with Crippen molar-refractivity contribution in [1.82, 2.24) is 4.98 Å². The SMILES string of the molecule is COc1ccc(Oc2ccc(NC(=O)[C@@H](N)CC(C)C)cn2)cc1. The minimum absolute atomic E-state index is 0.214. The maximum Gasteiger partial charge on any atom is 0.241 e. The number of methoxy groups -OCH3 is 1. The first-order valence-electron chi connectivity index (χ1n) is 7.82. The number of ether oxygens (including phenoxy) is 2. The van der Waals surface area contributed by atoms with Crippen molar-refractivity contribution >= 4 is 11.6 Å². The third-order valence-electron chi connectivity index (χ3n) is 3.35. The van der Waals surface area contributed by atoms with Crippen LogP contribution in [0.2, 0.25) is 0 Å². The van der Waals surface area contributed by atoms with Gasteiger partial charge in [0.05, 0.1) is 25.0 Å². The Morgan fingerprint density at radius 3 is 2.38 bits per heavy atom. The van der Waals surface area contributed by atoms with E-state index in [9.17, 15) is 4.79 Å². The van der Waals surface area contributed by atoms with Gasteiger partial charge in [-0.3, -0.25) is 4.79 Å². The molecule has 2 rings (SSSR count). The molecule has 0 aliphatic carbocycles. The van der Waals surface area contributed by atoms with Gasteiger partial charge in [0.25, 0.3) is 0 Å². The van der Waals surface area contributed by atoms with Crippen molar-refractivity contribution in [3.05, 3.63) is 42.6 Å². The maximum absolute atomic E-state index is 12.0. The lowest BCUT2D eigenvalue weighted by Gasteiger charge is -2.14. The lowest BCUT2D eigenvalue weighted by Crippen LogP contribution is -2.36. The number of nitrogens with two attached hydrogens (primary N) is 1. The molecule has 2 aromatic rings. The maximum atomic E-state index is 12.0. The summed E-state index contributed by atoms with van der Waals surface area (Å²) in [6.07, 6.45) is 2.18. The summed E-state index contributed by atoms with van der Waals surface area (Å²) in [6.45, 7) is 4.06. The predicted octanol–water partition coefficient (Wildman–Crippen LogP) is 3.19. The average molecular weight is 329 g/mol. The van der Waals surface area contributed by atoms with Crippen LogP contribution in [0.3, 0.4) is 0 Å². The van der Waals surface area contributed by atoms with Gasteiger partial charge in [-0.15, -0.1) is 0 Å². The zero-order chi connectivity index (χ0) is 17.5. The molecule has 0 aliphatic rings. The highest BCUT2D eigenvalue weighted by atomic mass is 16.5. The minimum Gasteiger partial charge on any atom is -0.497 e. The zero-order valence-corrected chi connectivity index (χ0v) is 14.2. The molecule has 0 saturated heterocycles. The van der Waals surface area contributed by atoms with Crippen LogP contribution in [-0.4, -0.2) is 24.0 Å². The fraction of sp³-hybridized carbons (Fsp3) is 0.333. The quantitative estimate of drug-likeness (QED) is 0.814. The molecule has 0 spiro atoms. The van der Waals surface area contributed by atoms with Gasteiger partial charge in [-0.1, -0.05) is 13.8 Å².